The summed E-state index contributed by atoms with van der Waals surface area (Å²) in [7, 11) is 0. The zero-order valence-electron chi connectivity index (χ0n) is 30.2. The van der Waals surface area contributed by atoms with Gasteiger partial charge in [0.2, 0.25) is 0 Å². The van der Waals surface area contributed by atoms with E-state index in [1.54, 1.807) is 111 Å². The lowest BCUT2D eigenvalue weighted by Gasteiger charge is -2.32. The van der Waals surface area contributed by atoms with Crippen LogP contribution in [-0.4, -0.2) is 59.9 Å². The fourth-order valence-electron chi connectivity index (χ4n) is 6.61. The summed E-state index contributed by atoms with van der Waals surface area (Å²) >= 11 is 0. The lowest BCUT2D eigenvalue weighted by molar-refractivity contribution is -0.148. The van der Waals surface area contributed by atoms with Crippen molar-refractivity contribution >= 4 is 58.3 Å². The second-order valence-corrected chi connectivity index (χ2v) is 12.7. The van der Waals surface area contributed by atoms with Crippen LogP contribution in [0.5, 0.6) is 0 Å². The van der Waals surface area contributed by atoms with Gasteiger partial charge < -0.3 is 9.47 Å². The number of ether oxygens (including phenoxy) is 2. The lowest BCUT2D eigenvalue weighted by Crippen LogP contribution is -2.52. The molecule has 0 fully saturated rings. The topological polar surface area (TPSA) is 134 Å². The molecule has 2 heterocycles. The molecule has 54 heavy (non-hydrogen) atoms. The van der Waals surface area contributed by atoms with Crippen LogP contribution in [0.1, 0.15) is 27.7 Å². The predicted octanol–water partition coefficient (Wildman–Crippen LogP) is 5.56. The molecule has 0 unspecified atom stereocenters. The third kappa shape index (κ3) is 6.42. The summed E-state index contributed by atoms with van der Waals surface area (Å²) in [6.07, 6.45) is 2.61. The molecule has 2 atom stereocenters. The molecule has 12 heteroatoms. The van der Waals surface area contributed by atoms with Crippen LogP contribution in [0.4, 0.5) is 22.7 Å². The van der Waals surface area contributed by atoms with E-state index in [4.69, 9.17) is 9.47 Å². The first-order valence-corrected chi connectivity index (χ1v) is 17.4. The molecule has 4 aromatic carbocycles. The maximum Gasteiger partial charge on any atom is 0.336 e. The highest BCUT2D eigenvalue weighted by atomic mass is 16.5. The third-order valence-corrected chi connectivity index (χ3v) is 9.11. The number of rotatable bonds is 10. The Morgan fingerprint density at radius 1 is 0.519 bits per heavy atom. The second kappa shape index (κ2) is 15.0. The van der Waals surface area contributed by atoms with Gasteiger partial charge in [0.15, 0.2) is 11.1 Å². The summed E-state index contributed by atoms with van der Waals surface area (Å²) in [5.74, 6) is -5.47. The summed E-state index contributed by atoms with van der Waals surface area (Å²) in [5, 5.41) is 0. The number of anilines is 4. The van der Waals surface area contributed by atoms with Gasteiger partial charge in [-0.2, -0.15) is 0 Å². The van der Waals surface area contributed by atoms with Crippen LogP contribution in [0.25, 0.3) is 0 Å². The van der Waals surface area contributed by atoms with Crippen LogP contribution in [0.2, 0.25) is 0 Å². The quantitative estimate of drug-likeness (QED) is 0.153. The van der Waals surface area contributed by atoms with E-state index in [2.05, 4.69) is 0 Å². The molecule has 0 aromatic heterocycles. The van der Waals surface area contributed by atoms with E-state index in [-0.39, 0.29) is 36.0 Å². The molecule has 0 spiro atoms. The number of para-hydroxylation sites is 4. The first kappa shape index (κ1) is 37.0. The first-order chi connectivity index (χ1) is 26.0. The minimum absolute atomic E-state index is 0.0220. The van der Waals surface area contributed by atoms with Crippen molar-refractivity contribution in [1.29, 1.82) is 0 Å². The van der Waals surface area contributed by atoms with Crippen molar-refractivity contribution in [2.24, 2.45) is 0 Å². The van der Waals surface area contributed by atoms with E-state index >= 15 is 0 Å². The van der Waals surface area contributed by atoms with Crippen molar-refractivity contribution in [3.8, 4) is 0 Å². The fourth-order valence-corrected chi connectivity index (χ4v) is 6.61. The number of esters is 2. The molecule has 4 amide bonds. The largest absolute Gasteiger partial charge is 0.464 e. The zero-order valence-corrected chi connectivity index (χ0v) is 30.2. The fraction of sp³-hybridized carbons (Fsp3) is 0.190. The van der Waals surface area contributed by atoms with Gasteiger partial charge >= 0.3 is 23.8 Å². The lowest BCUT2D eigenvalue weighted by atomic mass is 10.0. The standard InChI is InChI=1S/C42H38N4O8/c1-5-53-39(51)41(3)27-33(35(47)45(41)31-23-15-9-16-24-31)43(29-19-11-7-12-20-29)37(49)38(50)44(30-21-13-8-14-22-30)34-28-42(4,40(52)54-6-2)46(36(34)48)32-25-17-10-18-26-32/h7-28H,5-6H2,1-4H3/t41-,42-/m1/s1. The Balaban J connectivity index is 1.51. The Hall–Kier alpha value is -6.82. The Labute approximate surface area is 312 Å². The van der Waals surface area contributed by atoms with E-state index < -0.39 is 46.6 Å². The molecular weight excluding hydrogens is 688 g/mol. The number of benzene rings is 4. The van der Waals surface area contributed by atoms with Gasteiger partial charge in [0.25, 0.3) is 11.8 Å². The first-order valence-electron chi connectivity index (χ1n) is 17.4. The highest BCUT2D eigenvalue weighted by Crippen LogP contribution is 2.40. The Morgan fingerprint density at radius 3 is 1.11 bits per heavy atom. The Kier molecular flexibility index (Phi) is 10.3. The van der Waals surface area contributed by atoms with Crippen molar-refractivity contribution in [1.82, 2.24) is 0 Å². The van der Waals surface area contributed by atoms with Gasteiger partial charge in [-0.3, -0.25) is 38.8 Å². The monoisotopic (exact) mass is 726 g/mol. The smallest absolute Gasteiger partial charge is 0.336 e. The molecule has 4 aromatic rings. The molecule has 6 rings (SSSR count). The molecule has 0 saturated carbocycles. The molecule has 0 radical (unpaired) electrons. The molecule has 0 bridgehead atoms. The summed E-state index contributed by atoms with van der Waals surface area (Å²) in [6.45, 7) is 6.30. The third-order valence-electron chi connectivity index (χ3n) is 9.11. The van der Waals surface area contributed by atoms with E-state index in [1.807, 2.05) is 0 Å². The van der Waals surface area contributed by atoms with Crippen molar-refractivity contribution in [2.75, 3.05) is 32.8 Å². The Bertz CT molecular complexity index is 2000. The van der Waals surface area contributed by atoms with Crippen LogP contribution < -0.4 is 19.6 Å². The summed E-state index contributed by atoms with van der Waals surface area (Å²) < 4.78 is 10.8. The number of hydrogen-bond donors (Lipinski definition) is 0. The van der Waals surface area contributed by atoms with Crippen molar-refractivity contribution in [3.63, 3.8) is 0 Å². The predicted molar refractivity (Wildman–Crippen MR) is 202 cm³/mol. The molecule has 0 saturated heterocycles. The summed E-state index contributed by atoms with van der Waals surface area (Å²) in [5.41, 5.74) is -3.05. The highest BCUT2D eigenvalue weighted by Gasteiger charge is 2.54. The maximum atomic E-state index is 14.9. The minimum Gasteiger partial charge on any atom is -0.464 e. The number of carbonyl (C=O) groups excluding carboxylic acids is 6. The number of hydrogen-bond acceptors (Lipinski definition) is 8. The maximum absolute atomic E-state index is 14.9. The SMILES string of the molecule is CCOC(=O)[C@@]1(C)C=C(N(C(=O)C(=O)N(C2=C[C@](C)(C(=O)OCC)N(c3ccccc3)C2=O)c2ccccc2)c2ccccc2)C(=O)N1c1ccccc1. The number of amides is 4. The van der Waals surface area contributed by atoms with Gasteiger partial charge in [-0.05, 0) is 88.4 Å². The van der Waals surface area contributed by atoms with Crippen LogP contribution in [0.3, 0.4) is 0 Å². The molecule has 12 nitrogen and oxygen atoms in total. The second-order valence-electron chi connectivity index (χ2n) is 12.7. The average molecular weight is 727 g/mol. The molecule has 274 valence electrons. The van der Waals surface area contributed by atoms with E-state index in [0.717, 1.165) is 9.80 Å². The van der Waals surface area contributed by atoms with Crippen LogP contribution >= 0.6 is 0 Å². The van der Waals surface area contributed by atoms with Crippen LogP contribution in [0, 0.1) is 0 Å². The van der Waals surface area contributed by atoms with E-state index in [1.165, 1.54) is 60.1 Å². The summed E-state index contributed by atoms with van der Waals surface area (Å²) in [6, 6.07) is 32.9. The van der Waals surface area contributed by atoms with Gasteiger partial charge in [-0.1, -0.05) is 72.8 Å². The van der Waals surface area contributed by atoms with E-state index in [0.29, 0.717) is 11.4 Å². The van der Waals surface area contributed by atoms with Crippen LogP contribution in [0.15, 0.2) is 145 Å². The normalized spacial score (nSPS) is 19.2. The van der Waals surface area contributed by atoms with Crippen molar-refractivity contribution in [3.05, 3.63) is 145 Å². The van der Waals surface area contributed by atoms with Gasteiger partial charge in [0.05, 0.1) is 13.2 Å². The minimum atomic E-state index is -1.72. The van der Waals surface area contributed by atoms with Crippen LogP contribution in [-0.2, 0) is 38.2 Å². The number of carbonyl (C=O) groups is 6. The summed E-state index contributed by atoms with van der Waals surface area (Å²) in [4.78, 5) is 90.4. The van der Waals surface area contributed by atoms with Gasteiger partial charge in [0, 0.05) is 22.7 Å². The van der Waals surface area contributed by atoms with Gasteiger partial charge in [-0.25, -0.2) is 9.59 Å². The van der Waals surface area contributed by atoms with E-state index in [9.17, 15) is 28.8 Å². The van der Waals surface area contributed by atoms with Gasteiger partial charge in [0.1, 0.15) is 11.4 Å². The highest BCUT2D eigenvalue weighted by molar-refractivity contribution is 6.48. The zero-order chi connectivity index (χ0) is 38.6. The molecular formula is C42H38N4O8. The van der Waals surface area contributed by atoms with Crippen molar-refractivity contribution in [2.45, 2.75) is 38.8 Å². The molecule has 0 aliphatic carbocycles. The molecule has 2 aliphatic rings. The number of nitrogens with zero attached hydrogens (tertiary/aromatic N) is 4. The molecule has 0 N–H and O–H groups in total. The van der Waals surface area contributed by atoms with Crippen molar-refractivity contribution < 1.29 is 38.2 Å². The van der Waals surface area contributed by atoms with Gasteiger partial charge in [-0.15, -0.1) is 0 Å². The average Bonchev–Trinajstić information content (AvgIpc) is 3.62. The Morgan fingerprint density at radius 2 is 0.815 bits per heavy atom. The molecule has 2 aliphatic heterocycles.